The Morgan fingerprint density at radius 2 is 2.00 bits per heavy atom. The Hall–Kier alpha value is -2.78. The molecule has 1 amide bonds. The Kier molecular flexibility index (Phi) is 5.52. The third-order valence-electron chi connectivity index (χ3n) is 4.35. The highest BCUT2D eigenvalue weighted by Crippen LogP contribution is 2.46. The van der Waals surface area contributed by atoms with Crippen LogP contribution in [-0.4, -0.2) is 54.4 Å². The molecule has 2 N–H and O–H groups in total. The number of anilines is 1. The number of benzene rings is 1. The lowest BCUT2D eigenvalue weighted by molar-refractivity contribution is -0.144. The van der Waals surface area contributed by atoms with Crippen molar-refractivity contribution in [2.24, 2.45) is 0 Å². The molecule has 1 aromatic rings. The summed E-state index contributed by atoms with van der Waals surface area (Å²) in [7, 11) is 0. The van der Waals surface area contributed by atoms with Crippen LogP contribution < -0.4 is 14.4 Å². The van der Waals surface area contributed by atoms with Gasteiger partial charge in [0.15, 0.2) is 11.5 Å². The predicted octanol–water partition coefficient (Wildman–Crippen LogP) is 1.27. The molecule has 9 nitrogen and oxygen atoms in total. The highest BCUT2D eigenvalue weighted by Gasteiger charge is 2.45. The van der Waals surface area contributed by atoms with Crippen molar-refractivity contribution in [2.45, 2.75) is 31.6 Å². The van der Waals surface area contributed by atoms with E-state index >= 15 is 0 Å². The van der Waals surface area contributed by atoms with Gasteiger partial charge in [-0.1, -0.05) is 12.7 Å². The van der Waals surface area contributed by atoms with Crippen LogP contribution in [0.2, 0.25) is 0 Å². The molecule has 3 atom stereocenters. The molecule has 0 bridgehead atoms. The highest BCUT2D eigenvalue weighted by atomic mass is 16.7. The summed E-state index contributed by atoms with van der Waals surface area (Å²) in [6, 6.07) is 1.93. The first-order chi connectivity index (χ1) is 13.0. The first kappa shape index (κ1) is 19.0. The zero-order valence-electron chi connectivity index (χ0n) is 14.8. The van der Waals surface area contributed by atoms with Crippen LogP contribution in [0.1, 0.15) is 25.0 Å². The molecule has 0 aromatic heterocycles. The van der Waals surface area contributed by atoms with Gasteiger partial charge in [-0.3, -0.25) is 9.69 Å². The van der Waals surface area contributed by atoms with Gasteiger partial charge in [-0.2, -0.15) is 0 Å². The molecule has 0 fully saturated rings. The molecule has 1 aromatic carbocycles. The first-order valence-corrected chi connectivity index (χ1v) is 8.50. The number of fused-ring (bicyclic) bond motifs is 2. The van der Waals surface area contributed by atoms with Gasteiger partial charge in [0.2, 0.25) is 6.79 Å². The molecule has 0 radical (unpaired) electrons. The van der Waals surface area contributed by atoms with Crippen molar-refractivity contribution >= 4 is 17.7 Å². The summed E-state index contributed by atoms with van der Waals surface area (Å²) in [5.74, 6) is 0.163. The van der Waals surface area contributed by atoms with Crippen LogP contribution in [0.3, 0.4) is 0 Å². The fraction of sp³-hybridized carbons (Fsp3) is 0.444. The summed E-state index contributed by atoms with van der Waals surface area (Å²) in [5, 5.41) is 21.2. The number of hydrogen-bond donors (Lipinski definition) is 2. The van der Waals surface area contributed by atoms with Gasteiger partial charge in [-0.05, 0) is 13.0 Å². The van der Waals surface area contributed by atoms with Crippen molar-refractivity contribution in [2.75, 3.05) is 24.9 Å². The van der Waals surface area contributed by atoms with Gasteiger partial charge >= 0.3 is 12.1 Å². The number of rotatable bonds is 5. The molecule has 2 aliphatic rings. The Balaban J connectivity index is 2.03. The van der Waals surface area contributed by atoms with Gasteiger partial charge in [0, 0.05) is 11.6 Å². The summed E-state index contributed by atoms with van der Waals surface area (Å²) in [4.78, 5) is 25.8. The van der Waals surface area contributed by atoms with Crippen molar-refractivity contribution in [3.05, 3.63) is 30.4 Å². The molecule has 27 heavy (non-hydrogen) atoms. The second kappa shape index (κ2) is 7.85. The second-order valence-corrected chi connectivity index (χ2v) is 6.01. The first-order valence-electron chi connectivity index (χ1n) is 8.50. The Labute approximate surface area is 155 Å². The van der Waals surface area contributed by atoms with Crippen LogP contribution in [0, 0.1) is 0 Å². The number of carbonyl (C=O) groups excluding carboxylic acids is 2. The maximum absolute atomic E-state index is 12.7. The zero-order chi connectivity index (χ0) is 19.6. The molecule has 146 valence electrons. The second-order valence-electron chi connectivity index (χ2n) is 6.01. The topological polar surface area (TPSA) is 115 Å². The summed E-state index contributed by atoms with van der Waals surface area (Å²) in [5.41, 5.74) is 0.530. The van der Waals surface area contributed by atoms with Crippen LogP contribution in [0.5, 0.6) is 11.5 Å². The zero-order valence-corrected chi connectivity index (χ0v) is 14.8. The minimum Gasteiger partial charge on any atom is -0.466 e. The van der Waals surface area contributed by atoms with Crippen LogP contribution >= 0.6 is 0 Å². The quantitative estimate of drug-likeness (QED) is 0.581. The molecule has 0 saturated carbocycles. The Morgan fingerprint density at radius 3 is 2.67 bits per heavy atom. The number of carbonyl (C=O) groups is 2. The van der Waals surface area contributed by atoms with E-state index in [0.29, 0.717) is 11.5 Å². The molecule has 3 rings (SSSR count). The van der Waals surface area contributed by atoms with E-state index in [9.17, 15) is 19.8 Å². The normalized spacial score (nSPS) is 22.8. The molecular weight excluding hydrogens is 358 g/mol. The lowest BCUT2D eigenvalue weighted by Crippen LogP contribution is -2.54. The van der Waals surface area contributed by atoms with Gasteiger partial charge < -0.3 is 29.2 Å². The summed E-state index contributed by atoms with van der Waals surface area (Å²) >= 11 is 0. The summed E-state index contributed by atoms with van der Waals surface area (Å²) in [6.45, 7) is 5.24. The third kappa shape index (κ3) is 3.56. The number of nitrogens with zero attached hydrogens (tertiary/aromatic N) is 1. The fourth-order valence-electron chi connectivity index (χ4n) is 3.15. The SMILES string of the molecule is C=CCOC(=O)N1c2cc3c(cc2[C@H](O)[C@@H](O)[C@@H]1CC(=O)OCC)OCO3. The lowest BCUT2D eigenvalue weighted by Gasteiger charge is -2.41. The van der Waals surface area contributed by atoms with Crippen LogP contribution in [0.25, 0.3) is 0 Å². The fourth-order valence-corrected chi connectivity index (χ4v) is 3.15. The van der Waals surface area contributed by atoms with E-state index in [1.807, 2.05) is 0 Å². The minimum absolute atomic E-state index is 0.00401. The van der Waals surface area contributed by atoms with Gasteiger partial charge in [-0.25, -0.2) is 4.79 Å². The summed E-state index contributed by atoms with van der Waals surface area (Å²) in [6.07, 6.45) is -2.48. The molecule has 0 spiro atoms. The number of amides is 1. The maximum atomic E-state index is 12.7. The van der Waals surface area contributed by atoms with Crippen molar-refractivity contribution in [1.29, 1.82) is 0 Å². The molecule has 0 saturated heterocycles. The van der Waals surface area contributed by atoms with Crippen LogP contribution in [0.4, 0.5) is 10.5 Å². The molecule has 9 heteroatoms. The smallest absolute Gasteiger partial charge is 0.414 e. The van der Waals surface area contributed by atoms with E-state index in [1.54, 1.807) is 6.92 Å². The monoisotopic (exact) mass is 379 g/mol. The van der Waals surface area contributed by atoms with E-state index < -0.39 is 30.3 Å². The average molecular weight is 379 g/mol. The number of aliphatic hydroxyl groups is 2. The van der Waals surface area contributed by atoms with Crippen molar-refractivity contribution < 1.29 is 38.7 Å². The van der Waals surface area contributed by atoms with Crippen molar-refractivity contribution in [3.8, 4) is 11.5 Å². The minimum atomic E-state index is -1.43. The van der Waals surface area contributed by atoms with Crippen LogP contribution in [0.15, 0.2) is 24.8 Å². The number of esters is 1. The van der Waals surface area contributed by atoms with E-state index in [0.717, 1.165) is 4.90 Å². The third-order valence-corrected chi connectivity index (χ3v) is 4.35. The van der Waals surface area contributed by atoms with Crippen molar-refractivity contribution in [1.82, 2.24) is 0 Å². The number of aliphatic hydroxyl groups excluding tert-OH is 2. The van der Waals surface area contributed by atoms with Gasteiger partial charge in [0.05, 0.1) is 24.8 Å². The van der Waals surface area contributed by atoms with E-state index in [2.05, 4.69) is 6.58 Å². The predicted molar refractivity (Wildman–Crippen MR) is 92.6 cm³/mol. The molecular formula is C18H21NO8. The molecule has 2 aliphatic heterocycles. The van der Waals surface area contributed by atoms with Gasteiger partial charge in [0.25, 0.3) is 0 Å². The molecule has 2 heterocycles. The van der Waals surface area contributed by atoms with E-state index in [-0.39, 0.29) is 37.7 Å². The lowest BCUT2D eigenvalue weighted by atomic mass is 9.88. The Bertz CT molecular complexity index is 749. The maximum Gasteiger partial charge on any atom is 0.414 e. The standard InChI is InChI=1S/C18H21NO8/c1-3-5-25-18(23)19-11-7-14-13(26-9-27-14)6-10(11)16(21)17(22)12(19)8-15(20)24-4-2/h3,6-7,12,16-17,21-22H,1,4-5,8-9H2,2H3/t12-,16-,17-/m0/s1. The van der Waals surface area contributed by atoms with E-state index in [1.165, 1.54) is 18.2 Å². The van der Waals surface area contributed by atoms with Crippen LogP contribution in [-0.2, 0) is 14.3 Å². The average Bonchev–Trinajstić information content (AvgIpc) is 3.10. The molecule has 0 unspecified atom stereocenters. The van der Waals surface area contributed by atoms with Gasteiger partial charge in [-0.15, -0.1) is 0 Å². The summed E-state index contributed by atoms with van der Waals surface area (Å²) < 4.78 is 20.7. The number of hydrogen-bond acceptors (Lipinski definition) is 8. The highest BCUT2D eigenvalue weighted by molar-refractivity contribution is 5.92. The van der Waals surface area contributed by atoms with Gasteiger partial charge in [0.1, 0.15) is 18.8 Å². The van der Waals surface area contributed by atoms with E-state index in [4.69, 9.17) is 18.9 Å². The van der Waals surface area contributed by atoms with Crippen molar-refractivity contribution in [3.63, 3.8) is 0 Å². The largest absolute Gasteiger partial charge is 0.466 e. The molecule has 0 aliphatic carbocycles. The Morgan fingerprint density at radius 1 is 1.30 bits per heavy atom. The number of ether oxygens (including phenoxy) is 4.